The van der Waals surface area contributed by atoms with Gasteiger partial charge in [-0.3, -0.25) is 0 Å². The summed E-state index contributed by atoms with van der Waals surface area (Å²) in [5.41, 5.74) is 3.99. The molecule has 0 saturated carbocycles. The molecule has 0 amide bonds. The fourth-order valence-corrected chi connectivity index (χ4v) is 2.37. The standard InChI is InChI=1S/C15H23NO2/c1-10-8-11(2)13(12(3)9-10)16(6)15(4,5)14(17)18-7/h8-9H,1-7H3. The highest BCUT2D eigenvalue weighted by atomic mass is 16.5. The van der Waals surface area contributed by atoms with Crippen molar-refractivity contribution < 1.29 is 9.53 Å². The number of benzene rings is 1. The van der Waals surface area contributed by atoms with Crippen LogP contribution in [0.25, 0.3) is 0 Å². The molecule has 0 heterocycles. The van der Waals surface area contributed by atoms with Gasteiger partial charge in [0, 0.05) is 12.7 Å². The number of ether oxygens (including phenoxy) is 1. The van der Waals surface area contributed by atoms with Gasteiger partial charge in [-0.25, -0.2) is 4.79 Å². The van der Waals surface area contributed by atoms with Crippen molar-refractivity contribution >= 4 is 11.7 Å². The number of rotatable bonds is 3. The Morgan fingerprint density at radius 3 is 2.00 bits per heavy atom. The van der Waals surface area contributed by atoms with E-state index in [1.807, 2.05) is 25.8 Å². The van der Waals surface area contributed by atoms with Crippen LogP contribution in [-0.4, -0.2) is 25.7 Å². The number of aryl methyl sites for hydroxylation is 3. The number of esters is 1. The molecule has 3 heteroatoms. The maximum atomic E-state index is 11.9. The molecule has 0 aliphatic rings. The van der Waals surface area contributed by atoms with Gasteiger partial charge < -0.3 is 9.64 Å². The molecule has 0 aliphatic heterocycles. The van der Waals surface area contributed by atoms with Crippen molar-refractivity contribution in [2.24, 2.45) is 0 Å². The summed E-state index contributed by atoms with van der Waals surface area (Å²) < 4.78 is 4.88. The van der Waals surface area contributed by atoms with E-state index in [2.05, 4.69) is 32.9 Å². The lowest BCUT2D eigenvalue weighted by molar-refractivity contribution is -0.145. The first kappa shape index (κ1) is 14.6. The smallest absolute Gasteiger partial charge is 0.331 e. The SMILES string of the molecule is COC(=O)C(C)(C)N(C)c1c(C)cc(C)cc1C. The summed E-state index contributed by atoms with van der Waals surface area (Å²) in [5.74, 6) is -0.232. The van der Waals surface area contributed by atoms with Crippen LogP contribution in [0.5, 0.6) is 0 Å². The van der Waals surface area contributed by atoms with Gasteiger partial charge in [0.25, 0.3) is 0 Å². The lowest BCUT2D eigenvalue weighted by atomic mass is 9.98. The third-order valence-corrected chi connectivity index (χ3v) is 3.49. The minimum Gasteiger partial charge on any atom is -0.467 e. The Balaban J connectivity index is 3.27. The first-order valence-corrected chi connectivity index (χ1v) is 6.12. The average molecular weight is 249 g/mol. The average Bonchev–Trinajstić information content (AvgIpc) is 2.26. The van der Waals surface area contributed by atoms with Gasteiger partial charge >= 0.3 is 5.97 Å². The van der Waals surface area contributed by atoms with E-state index in [0.29, 0.717) is 0 Å². The van der Waals surface area contributed by atoms with Crippen molar-refractivity contribution in [2.45, 2.75) is 40.2 Å². The van der Waals surface area contributed by atoms with E-state index in [-0.39, 0.29) is 5.97 Å². The number of likely N-dealkylation sites (N-methyl/N-ethyl adjacent to an activating group) is 1. The number of anilines is 1. The van der Waals surface area contributed by atoms with E-state index in [0.717, 1.165) is 5.69 Å². The van der Waals surface area contributed by atoms with Crippen LogP contribution in [-0.2, 0) is 9.53 Å². The van der Waals surface area contributed by atoms with Gasteiger partial charge in [0.05, 0.1) is 7.11 Å². The number of carbonyl (C=O) groups excluding carboxylic acids is 1. The van der Waals surface area contributed by atoms with Crippen LogP contribution in [0.1, 0.15) is 30.5 Å². The van der Waals surface area contributed by atoms with E-state index in [1.165, 1.54) is 23.8 Å². The molecule has 0 saturated heterocycles. The molecule has 0 radical (unpaired) electrons. The fraction of sp³-hybridized carbons (Fsp3) is 0.533. The van der Waals surface area contributed by atoms with E-state index in [1.54, 1.807) is 0 Å². The summed E-state index contributed by atoms with van der Waals surface area (Å²) in [6.45, 7) is 9.96. The predicted octanol–water partition coefficient (Wildman–Crippen LogP) is 3.00. The predicted molar refractivity (Wildman–Crippen MR) is 75.2 cm³/mol. The second-order valence-corrected chi connectivity index (χ2v) is 5.36. The molecule has 3 nitrogen and oxygen atoms in total. The minimum absolute atomic E-state index is 0.232. The third-order valence-electron chi connectivity index (χ3n) is 3.49. The summed E-state index contributed by atoms with van der Waals surface area (Å²) >= 11 is 0. The largest absolute Gasteiger partial charge is 0.467 e. The summed E-state index contributed by atoms with van der Waals surface area (Å²) in [5, 5.41) is 0. The van der Waals surface area contributed by atoms with Crippen molar-refractivity contribution in [2.75, 3.05) is 19.1 Å². The molecule has 18 heavy (non-hydrogen) atoms. The number of nitrogens with zero attached hydrogens (tertiary/aromatic N) is 1. The van der Waals surface area contributed by atoms with Crippen LogP contribution in [0.2, 0.25) is 0 Å². The highest BCUT2D eigenvalue weighted by molar-refractivity contribution is 5.85. The molecule has 0 fully saturated rings. The Morgan fingerprint density at radius 2 is 1.61 bits per heavy atom. The second kappa shape index (κ2) is 5.01. The van der Waals surface area contributed by atoms with Gasteiger partial charge in [-0.1, -0.05) is 17.7 Å². The third kappa shape index (κ3) is 2.50. The van der Waals surface area contributed by atoms with Crippen molar-refractivity contribution in [3.8, 4) is 0 Å². The summed E-state index contributed by atoms with van der Waals surface area (Å²) in [6.07, 6.45) is 0. The maximum Gasteiger partial charge on any atom is 0.331 e. The first-order chi connectivity index (χ1) is 8.21. The second-order valence-electron chi connectivity index (χ2n) is 5.36. The zero-order chi connectivity index (χ0) is 14.1. The Hall–Kier alpha value is -1.51. The van der Waals surface area contributed by atoms with Crippen molar-refractivity contribution in [3.63, 3.8) is 0 Å². The lowest BCUT2D eigenvalue weighted by Crippen LogP contribution is -2.49. The molecule has 1 rings (SSSR count). The molecule has 100 valence electrons. The van der Waals surface area contributed by atoms with Crippen molar-refractivity contribution in [1.82, 2.24) is 0 Å². The molecule has 0 N–H and O–H groups in total. The summed E-state index contributed by atoms with van der Waals surface area (Å²) in [4.78, 5) is 13.9. The van der Waals surface area contributed by atoms with Crippen LogP contribution in [0.15, 0.2) is 12.1 Å². The molecular formula is C15H23NO2. The van der Waals surface area contributed by atoms with Crippen LogP contribution in [0, 0.1) is 20.8 Å². The van der Waals surface area contributed by atoms with E-state index < -0.39 is 5.54 Å². The number of carbonyl (C=O) groups is 1. The van der Waals surface area contributed by atoms with Crippen LogP contribution in [0.4, 0.5) is 5.69 Å². The van der Waals surface area contributed by atoms with Crippen LogP contribution < -0.4 is 4.90 Å². The maximum absolute atomic E-state index is 11.9. The molecule has 1 aromatic carbocycles. The van der Waals surface area contributed by atoms with Gasteiger partial charge in [0.15, 0.2) is 0 Å². The first-order valence-electron chi connectivity index (χ1n) is 6.12. The number of methoxy groups -OCH3 is 1. The highest BCUT2D eigenvalue weighted by Gasteiger charge is 2.34. The van der Waals surface area contributed by atoms with Crippen molar-refractivity contribution in [3.05, 3.63) is 28.8 Å². The van der Waals surface area contributed by atoms with E-state index in [4.69, 9.17) is 4.74 Å². The Kier molecular flexibility index (Phi) is 4.05. The van der Waals surface area contributed by atoms with E-state index >= 15 is 0 Å². The topological polar surface area (TPSA) is 29.5 Å². The normalized spacial score (nSPS) is 11.3. The Labute approximate surface area is 110 Å². The molecule has 0 atom stereocenters. The molecule has 0 bridgehead atoms. The zero-order valence-corrected chi connectivity index (χ0v) is 12.4. The Bertz CT molecular complexity index is 441. The fourth-order valence-electron chi connectivity index (χ4n) is 2.37. The highest BCUT2D eigenvalue weighted by Crippen LogP contribution is 2.30. The van der Waals surface area contributed by atoms with E-state index in [9.17, 15) is 4.79 Å². The summed E-state index contributed by atoms with van der Waals surface area (Å²) in [7, 11) is 3.36. The molecule has 0 aliphatic carbocycles. The number of hydrogen-bond acceptors (Lipinski definition) is 3. The van der Waals surface area contributed by atoms with Crippen LogP contribution >= 0.6 is 0 Å². The van der Waals surface area contributed by atoms with Gasteiger partial charge in [0.2, 0.25) is 0 Å². The molecule has 0 spiro atoms. The van der Waals surface area contributed by atoms with Crippen LogP contribution in [0.3, 0.4) is 0 Å². The number of hydrogen-bond donors (Lipinski definition) is 0. The van der Waals surface area contributed by atoms with Gasteiger partial charge in [-0.2, -0.15) is 0 Å². The Morgan fingerprint density at radius 1 is 1.17 bits per heavy atom. The minimum atomic E-state index is -0.681. The molecule has 1 aromatic rings. The van der Waals surface area contributed by atoms with Gasteiger partial charge in [-0.15, -0.1) is 0 Å². The zero-order valence-electron chi connectivity index (χ0n) is 12.4. The van der Waals surface area contributed by atoms with Gasteiger partial charge in [-0.05, 0) is 45.7 Å². The van der Waals surface area contributed by atoms with Gasteiger partial charge in [0.1, 0.15) is 5.54 Å². The summed E-state index contributed by atoms with van der Waals surface area (Å²) in [6, 6.07) is 4.26. The quantitative estimate of drug-likeness (QED) is 0.771. The molecular weight excluding hydrogens is 226 g/mol. The van der Waals surface area contributed by atoms with Crippen molar-refractivity contribution in [1.29, 1.82) is 0 Å². The molecule has 0 unspecified atom stereocenters. The molecule has 0 aromatic heterocycles. The monoisotopic (exact) mass is 249 g/mol. The lowest BCUT2D eigenvalue weighted by Gasteiger charge is -2.36.